The smallest absolute Gasteiger partial charge is 0.229 e. The highest BCUT2D eigenvalue weighted by Gasteiger charge is 2.60. The lowest BCUT2D eigenvalue weighted by Crippen LogP contribution is -2.47. The van der Waals surface area contributed by atoms with Crippen molar-refractivity contribution in [3.8, 4) is 0 Å². The van der Waals surface area contributed by atoms with Crippen molar-refractivity contribution in [2.75, 3.05) is 22.1 Å². The second kappa shape index (κ2) is 11.0. The van der Waals surface area contributed by atoms with E-state index in [2.05, 4.69) is 43.2 Å². The zero-order chi connectivity index (χ0) is 27.0. The number of allylic oxidation sites excluding steroid dienone is 2. The van der Waals surface area contributed by atoms with Crippen LogP contribution < -0.4 is 10.6 Å². The minimum atomic E-state index is -0.899. The maximum Gasteiger partial charge on any atom is 0.229 e. The van der Waals surface area contributed by atoms with E-state index >= 15 is 0 Å². The number of aliphatic hydroxyl groups excluding tert-OH is 2. The number of fused-ring (bicyclic) bond motifs is 5. The van der Waals surface area contributed by atoms with E-state index in [9.17, 15) is 19.8 Å². The van der Waals surface area contributed by atoms with Gasteiger partial charge in [0.2, 0.25) is 22.1 Å². The first-order chi connectivity index (χ1) is 18.8. The van der Waals surface area contributed by atoms with Crippen molar-refractivity contribution in [3.63, 3.8) is 0 Å². The number of carbonyl (C=O) groups is 2. The molecule has 2 saturated carbocycles. The standard InChI is InChI=1S/C26H32N6O4S3/c33-17-11-19(35)27-23-31-29-21(38-23)3-9-37-10-4-22-30-32-24(39-22)28-20(36)12-18(34)16-2-6-26(14-16)8-7-25(26)5-1-15(17)13-25/h1,5,13,16-18,33-34H,2-4,6-12,14H2,(H,27,31,35)(H,28,32,36)/t16?,17-,18-,25?,26?/m1/s1. The van der Waals surface area contributed by atoms with Crippen molar-refractivity contribution in [1.29, 1.82) is 0 Å². The molecule has 13 heteroatoms. The lowest BCUT2D eigenvalue weighted by molar-refractivity contribution is -0.119. The molecular formula is C26H32N6O4S3. The Kier molecular flexibility index (Phi) is 7.62. The third-order valence-electron chi connectivity index (χ3n) is 8.70. The van der Waals surface area contributed by atoms with Gasteiger partial charge in [-0.05, 0) is 60.5 Å². The summed E-state index contributed by atoms with van der Waals surface area (Å²) in [7, 11) is 0. The van der Waals surface area contributed by atoms with Gasteiger partial charge in [0.15, 0.2) is 0 Å². The number of aryl methyl sites for hydroxylation is 2. The maximum atomic E-state index is 12.7. The highest BCUT2D eigenvalue weighted by Crippen LogP contribution is 2.69. The highest BCUT2D eigenvalue weighted by atomic mass is 32.2. The van der Waals surface area contributed by atoms with E-state index in [0.29, 0.717) is 10.3 Å². The van der Waals surface area contributed by atoms with Gasteiger partial charge in [-0.25, -0.2) is 0 Å². The molecule has 5 atom stereocenters. The number of rotatable bonds is 0. The van der Waals surface area contributed by atoms with Gasteiger partial charge in [0.1, 0.15) is 10.0 Å². The molecule has 6 rings (SSSR count). The number of nitrogens with one attached hydrogen (secondary N) is 2. The summed E-state index contributed by atoms with van der Waals surface area (Å²) in [5.41, 5.74) is 0.638. The van der Waals surface area contributed by atoms with E-state index in [1.165, 1.54) is 22.7 Å². The zero-order valence-electron chi connectivity index (χ0n) is 21.5. The number of anilines is 2. The van der Waals surface area contributed by atoms with Crippen molar-refractivity contribution >= 4 is 56.5 Å². The Morgan fingerprint density at radius 3 is 2.18 bits per heavy atom. The first-order valence-corrected chi connectivity index (χ1v) is 16.2. The van der Waals surface area contributed by atoms with Crippen LogP contribution in [0.2, 0.25) is 0 Å². The van der Waals surface area contributed by atoms with Crippen molar-refractivity contribution in [3.05, 3.63) is 33.8 Å². The summed E-state index contributed by atoms with van der Waals surface area (Å²) in [6, 6.07) is 0. The molecule has 4 aliphatic rings. The Labute approximate surface area is 238 Å². The van der Waals surface area contributed by atoms with Gasteiger partial charge in [-0.15, -0.1) is 20.4 Å². The Morgan fingerprint density at radius 2 is 1.54 bits per heavy atom. The zero-order valence-corrected chi connectivity index (χ0v) is 23.9. The molecule has 2 aromatic rings. The minimum Gasteiger partial charge on any atom is -0.392 e. The largest absolute Gasteiger partial charge is 0.392 e. The number of amides is 2. The lowest BCUT2D eigenvalue weighted by Gasteiger charge is -2.55. The van der Waals surface area contributed by atoms with Gasteiger partial charge < -0.3 is 20.8 Å². The van der Waals surface area contributed by atoms with E-state index in [4.69, 9.17) is 0 Å². The minimum absolute atomic E-state index is 0.0245. The van der Waals surface area contributed by atoms with Crippen molar-refractivity contribution in [1.82, 2.24) is 20.4 Å². The first kappa shape index (κ1) is 27.0. The summed E-state index contributed by atoms with van der Waals surface area (Å²) in [5, 5.41) is 46.6. The molecule has 208 valence electrons. The number of aliphatic hydroxyl groups is 2. The van der Waals surface area contributed by atoms with Crippen LogP contribution in [0.3, 0.4) is 0 Å². The van der Waals surface area contributed by atoms with Crippen LogP contribution in [0.4, 0.5) is 10.3 Å². The van der Waals surface area contributed by atoms with Gasteiger partial charge >= 0.3 is 0 Å². The lowest BCUT2D eigenvalue weighted by atomic mass is 9.48. The molecule has 2 fully saturated rings. The summed E-state index contributed by atoms with van der Waals surface area (Å²) in [5.74, 6) is 1.23. The molecule has 3 aliphatic carbocycles. The summed E-state index contributed by atoms with van der Waals surface area (Å²) >= 11 is 4.49. The molecule has 39 heavy (non-hydrogen) atoms. The average molecular weight is 589 g/mol. The molecule has 2 amide bonds. The van der Waals surface area contributed by atoms with Crippen LogP contribution in [0, 0.1) is 16.7 Å². The summed E-state index contributed by atoms with van der Waals surface area (Å²) in [6.45, 7) is 0. The molecule has 10 nitrogen and oxygen atoms in total. The Bertz CT molecular complexity index is 1310. The van der Waals surface area contributed by atoms with Gasteiger partial charge in [-0.2, -0.15) is 11.8 Å². The number of carbonyl (C=O) groups excluding carboxylic acids is 2. The number of aromatic nitrogens is 4. The van der Waals surface area contributed by atoms with E-state index in [1.807, 2.05) is 6.08 Å². The van der Waals surface area contributed by atoms with Crippen LogP contribution in [0.5, 0.6) is 0 Å². The first-order valence-electron chi connectivity index (χ1n) is 13.4. The molecule has 3 unspecified atom stereocenters. The molecule has 0 aromatic carbocycles. The summed E-state index contributed by atoms with van der Waals surface area (Å²) in [4.78, 5) is 25.3. The number of nitrogens with zero attached hydrogens (tertiary/aromatic N) is 4. The molecule has 0 saturated heterocycles. The molecule has 1 aliphatic heterocycles. The fraction of sp³-hybridized carbons (Fsp3) is 0.615. The predicted molar refractivity (Wildman–Crippen MR) is 152 cm³/mol. The molecule has 4 N–H and O–H groups in total. The van der Waals surface area contributed by atoms with Gasteiger partial charge in [0, 0.05) is 18.3 Å². The second-order valence-electron chi connectivity index (χ2n) is 11.0. The predicted octanol–water partition coefficient (Wildman–Crippen LogP) is 3.36. The third-order valence-corrected chi connectivity index (χ3v) is 11.5. The Balaban J connectivity index is 1.18. The SMILES string of the molecule is O=C1C[C@@H](O)C2=CC3(C=C2)CCC32CCC(C2)[C@H](O)CC(=O)Nc2nnc(s2)CCSCCc2nnc(s2)N1. The molecule has 0 radical (unpaired) electrons. The van der Waals surface area contributed by atoms with Gasteiger partial charge in [-0.1, -0.05) is 40.9 Å². The number of hydrogen-bond acceptors (Lipinski definition) is 11. The van der Waals surface area contributed by atoms with Gasteiger partial charge in [-0.3, -0.25) is 9.59 Å². The van der Waals surface area contributed by atoms with E-state index < -0.39 is 12.2 Å². The van der Waals surface area contributed by atoms with Crippen LogP contribution in [-0.4, -0.2) is 66.1 Å². The van der Waals surface area contributed by atoms with E-state index in [0.717, 1.165) is 72.0 Å². The summed E-state index contributed by atoms with van der Waals surface area (Å²) < 4.78 is 0. The van der Waals surface area contributed by atoms with Crippen LogP contribution in [-0.2, 0) is 22.4 Å². The molecule has 2 aromatic heterocycles. The molecule has 2 spiro atoms. The molecule has 8 bridgehead atoms. The normalized spacial score (nSPS) is 33.7. The van der Waals surface area contributed by atoms with Crippen molar-refractivity contribution < 1.29 is 19.8 Å². The Morgan fingerprint density at radius 1 is 0.872 bits per heavy atom. The number of thioether (sulfide) groups is 1. The van der Waals surface area contributed by atoms with Crippen LogP contribution in [0.15, 0.2) is 23.8 Å². The van der Waals surface area contributed by atoms with Crippen molar-refractivity contribution in [2.45, 2.75) is 70.0 Å². The van der Waals surface area contributed by atoms with E-state index in [-0.39, 0.29) is 41.4 Å². The van der Waals surface area contributed by atoms with Crippen LogP contribution in [0.25, 0.3) is 0 Å². The summed E-state index contributed by atoms with van der Waals surface area (Å²) in [6.07, 6.45) is 10.9. The topological polar surface area (TPSA) is 150 Å². The maximum absolute atomic E-state index is 12.7. The average Bonchev–Trinajstić information content (AvgIpc) is 3.69. The second-order valence-corrected chi connectivity index (χ2v) is 14.4. The van der Waals surface area contributed by atoms with Crippen LogP contribution >= 0.6 is 34.4 Å². The number of hydrogen-bond donors (Lipinski definition) is 4. The molecular weight excluding hydrogens is 557 g/mol. The Hall–Kier alpha value is -2.19. The fourth-order valence-electron chi connectivity index (χ4n) is 6.47. The van der Waals surface area contributed by atoms with E-state index in [1.54, 1.807) is 11.8 Å². The third kappa shape index (κ3) is 5.56. The molecule has 3 heterocycles. The highest BCUT2D eigenvalue weighted by molar-refractivity contribution is 7.99. The van der Waals surface area contributed by atoms with Crippen molar-refractivity contribution in [2.24, 2.45) is 16.7 Å². The van der Waals surface area contributed by atoms with Gasteiger partial charge in [0.25, 0.3) is 0 Å². The quantitative estimate of drug-likeness (QED) is 0.363. The van der Waals surface area contributed by atoms with Gasteiger partial charge in [0.05, 0.1) is 25.0 Å². The fourth-order valence-corrected chi connectivity index (χ4v) is 9.12. The monoisotopic (exact) mass is 588 g/mol. The van der Waals surface area contributed by atoms with Crippen LogP contribution in [0.1, 0.15) is 55.0 Å².